The Bertz CT molecular complexity index is 674. The third kappa shape index (κ3) is 4.22. The molecule has 108 valence electrons. The molecule has 2 aromatic rings. The number of para-hydroxylation sites is 1. The number of carbonyl (C=O) groups is 1. The number of hydrogen-bond acceptors (Lipinski definition) is 6. The van der Waals surface area contributed by atoms with E-state index in [0.29, 0.717) is 16.0 Å². The summed E-state index contributed by atoms with van der Waals surface area (Å²) < 4.78 is 5.24. The van der Waals surface area contributed by atoms with Crippen LogP contribution in [-0.4, -0.2) is 11.1 Å². The van der Waals surface area contributed by atoms with Crippen LogP contribution in [0.2, 0.25) is 0 Å². The van der Waals surface area contributed by atoms with Crippen LogP contribution >= 0.6 is 12.6 Å². The first-order valence-corrected chi connectivity index (χ1v) is 6.37. The van der Waals surface area contributed by atoms with Crippen molar-refractivity contribution in [3.63, 3.8) is 0 Å². The van der Waals surface area contributed by atoms with E-state index in [0.717, 1.165) is 0 Å². The number of rotatable bonds is 5. The molecule has 6 nitrogen and oxygen atoms in total. The van der Waals surface area contributed by atoms with E-state index in [-0.39, 0.29) is 12.4 Å². The van der Waals surface area contributed by atoms with Crippen molar-refractivity contribution in [1.82, 2.24) is 0 Å². The molecule has 0 radical (unpaired) electrons. The van der Waals surface area contributed by atoms with Gasteiger partial charge in [0.25, 0.3) is 5.09 Å². The Labute approximate surface area is 125 Å². The monoisotopic (exact) mass is 305 g/mol. The van der Waals surface area contributed by atoms with Gasteiger partial charge in [0.05, 0.1) is 5.56 Å². The van der Waals surface area contributed by atoms with Gasteiger partial charge in [0.1, 0.15) is 12.4 Å². The van der Waals surface area contributed by atoms with E-state index < -0.39 is 11.1 Å². The second kappa shape index (κ2) is 6.76. The normalized spacial score (nSPS) is 9.95. The van der Waals surface area contributed by atoms with Crippen molar-refractivity contribution in [3.05, 3.63) is 69.8 Å². The van der Waals surface area contributed by atoms with Gasteiger partial charge in [-0.3, -0.25) is 0 Å². The van der Waals surface area contributed by atoms with E-state index in [1.165, 1.54) is 0 Å². The zero-order valence-electron chi connectivity index (χ0n) is 10.8. The highest BCUT2D eigenvalue weighted by atomic mass is 32.1. The lowest BCUT2D eigenvalue weighted by Crippen LogP contribution is -2.10. The summed E-state index contributed by atoms with van der Waals surface area (Å²) in [6.07, 6.45) is 0. The highest BCUT2D eigenvalue weighted by Gasteiger charge is 2.12. The number of carbonyl (C=O) groups excluding carboxylic acids is 1. The molecule has 7 heteroatoms. The van der Waals surface area contributed by atoms with Gasteiger partial charge < -0.3 is 9.57 Å². The van der Waals surface area contributed by atoms with Crippen LogP contribution in [-0.2, 0) is 11.4 Å². The highest BCUT2D eigenvalue weighted by Crippen LogP contribution is 2.21. The summed E-state index contributed by atoms with van der Waals surface area (Å²) >= 11 is 4.15. The van der Waals surface area contributed by atoms with E-state index in [9.17, 15) is 14.9 Å². The summed E-state index contributed by atoms with van der Waals surface area (Å²) in [5.74, 6) is -0.353. The Kier molecular flexibility index (Phi) is 4.78. The number of nitrogens with zero attached hydrogens (tertiary/aromatic N) is 1. The van der Waals surface area contributed by atoms with Gasteiger partial charge >= 0.3 is 5.97 Å². The number of esters is 1. The largest absolute Gasteiger partial charge is 0.423 e. The van der Waals surface area contributed by atoms with Gasteiger partial charge in [-0.2, -0.15) is 0 Å². The standard InChI is InChI=1S/C14H11NO5S/c16-14(10-5-3-6-12(21)8-10)20-13-7-2-1-4-11(13)9-19-15(17)18/h1-8,21H,9H2. The van der Waals surface area contributed by atoms with Gasteiger partial charge in [-0.1, -0.05) is 24.3 Å². The van der Waals surface area contributed by atoms with Crippen molar-refractivity contribution < 1.29 is 19.5 Å². The molecule has 0 amide bonds. The minimum Gasteiger partial charge on any atom is -0.423 e. The zero-order valence-corrected chi connectivity index (χ0v) is 11.7. The molecule has 0 spiro atoms. The SMILES string of the molecule is O=C(Oc1ccccc1CO[N+](=O)[O-])c1cccc(S)c1. The van der Waals surface area contributed by atoms with Crippen molar-refractivity contribution in [3.8, 4) is 5.75 Å². The first-order valence-electron chi connectivity index (χ1n) is 5.92. The van der Waals surface area contributed by atoms with Crippen LogP contribution in [0.3, 0.4) is 0 Å². The minimum absolute atomic E-state index is 0.217. The Morgan fingerprint density at radius 2 is 1.95 bits per heavy atom. The molecule has 21 heavy (non-hydrogen) atoms. The predicted octanol–water partition coefficient (Wildman–Crippen LogP) is 2.90. The van der Waals surface area contributed by atoms with E-state index in [1.54, 1.807) is 48.5 Å². The molecule has 0 saturated heterocycles. The first kappa shape index (κ1) is 14.9. The van der Waals surface area contributed by atoms with Crippen LogP contribution in [0.4, 0.5) is 0 Å². The van der Waals surface area contributed by atoms with E-state index >= 15 is 0 Å². The smallest absolute Gasteiger partial charge is 0.343 e. The van der Waals surface area contributed by atoms with Crippen molar-refractivity contribution in [2.75, 3.05) is 0 Å². The molecule has 0 fully saturated rings. The van der Waals surface area contributed by atoms with Gasteiger partial charge in [0, 0.05) is 10.5 Å². The third-order valence-corrected chi connectivity index (χ3v) is 2.86. The fraction of sp³-hybridized carbons (Fsp3) is 0.0714. The lowest BCUT2D eigenvalue weighted by Gasteiger charge is -2.09. The topological polar surface area (TPSA) is 78.7 Å². The molecule has 2 rings (SSSR count). The fourth-order valence-electron chi connectivity index (χ4n) is 1.64. The average Bonchev–Trinajstić information content (AvgIpc) is 2.46. The van der Waals surface area contributed by atoms with Crippen molar-refractivity contribution in [2.45, 2.75) is 11.5 Å². The molecule has 0 aliphatic heterocycles. The quantitative estimate of drug-likeness (QED) is 0.302. The Morgan fingerprint density at radius 3 is 2.67 bits per heavy atom. The van der Waals surface area contributed by atoms with Crippen LogP contribution in [0.5, 0.6) is 5.75 Å². The van der Waals surface area contributed by atoms with Crippen molar-refractivity contribution in [2.24, 2.45) is 0 Å². The molecule has 0 atom stereocenters. The number of benzene rings is 2. The maximum Gasteiger partial charge on any atom is 0.343 e. The van der Waals surface area contributed by atoms with Gasteiger partial charge in [-0.25, -0.2) is 4.79 Å². The summed E-state index contributed by atoms with van der Waals surface area (Å²) in [4.78, 5) is 27.2. The minimum atomic E-state index is -0.900. The second-order valence-corrected chi connectivity index (χ2v) is 4.56. The molecule has 0 aliphatic carbocycles. The average molecular weight is 305 g/mol. The molecule has 0 aliphatic rings. The molecule has 0 heterocycles. The van der Waals surface area contributed by atoms with Crippen molar-refractivity contribution in [1.29, 1.82) is 0 Å². The van der Waals surface area contributed by atoms with E-state index in [1.807, 2.05) is 0 Å². The molecular formula is C14H11NO5S. The van der Waals surface area contributed by atoms with E-state index in [4.69, 9.17) is 4.74 Å². The molecular weight excluding hydrogens is 294 g/mol. The van der Waals surface area contributed by atoms with Gasteiger partial charge in [0.15, 0.2) is 0 Å². The zero-order chi connectivity index (χ0) is 15.2. The van der Waals surface area contributed by atoms with Crippen LogP contribution in [0, 0.1) is 10.1 Å². The van der Waals surface area contributed by atoms with Crippen molar-refractivity contribution >= 4 is 18.6 Å². The molecule has 0 saturated carbocycles. The summed E-state index contributed by atoms with van der Waals surface area (Å²) in [7, 11) is 0. The van der Waals surface area contributed by atoms with Gasteiger partial charge in [0.2, 0.25) is 0 Å². The molecule has 0 bridgehead atoms. The second-order valence-electron chi connectivity index (χ2n) is 4.04. The molecule has 2 aromatic carbocycles. The summed E-state index contributed by atoms with van der Waals surface area (Å²) in [5.41, 5.74) is 0.747. The lowest BCUT2D eigenvalue weighted by molar-refractivity contribution is -0.763. The maximum atomic E-state index is 12.0. The highest BCUT2D eigenvalue weighted by molar-refractivity contribution is 7.80. The predicted molar refractivity (Wildman–Crippen MR) is 76.9 cm³/mol. The molecule has 0 N–H and O–H groups in total. The Morgan fingerprint density at radius 1 is 1.19 bits per heavy atom. The molecule has 0 aromatic heterocycles. The Balaban J connectivity index is 2.15. The third-order valence-electron chi connectivity index (χ3n) is 2.58. The lowest BCUT2D eigenvalue weighted by atomic mass is 10.2. The fourth-order valence-corrected chi connectivity index (χ4v) is 1.86. The Hall–Kier alpha value is -2.54. The summed E-state index contributed by atoms with van der Waals surface area (Å²) in [6, 6.07) is 13.0. The van der Waals surface area contributed by atoms with Gasteiger partial charge in [-0.05, 0) is 24.3 Å². The van der Waals surface area contributed by atoms with Crippen LogP contribution in [0.1, 0.15) is 15.9 Å². The van der Waals surface area contributed by atoms with Gasteiger partial charge in [-0.15, -0.1) is 22.7 Å². The summed E-state index contributed by atoms with van der Waals surface area (Å²) in [5, 5.41) is 9.33. The van der Waals surface area contributed by atoms with E-state index in [2.05, 4.69) is 17.5 Å². The van der Waals surface area contributed by atoms with Crippen LogP contribution in [0.15, 0.2) is 53.4 Å². The molecule has 0 unspecified atom stereocenters. The van der Waals surface area contributed by atoms with Crippen LogP contribution < -0.4 is 4.74 Å². The maximum absolute atomic E-state index is 12.0. The first-order chi connectivity index (χ1) is 10.1. The number of thiol groups is 1. The summed E-state index contributed by atoms with van der Waals surface area (Å²) in [6.45, 7) is -0.289. The number of ether oxygens (including phenoxy) is 1. The van der Waals surface area contributed by atoms with Crippen LogP contribution in [0.25, 0.3) is 0 Å². The number of hydrogen-bond donors (Lipinski definition) is 1.